The maximum absolute atomic E-state index is 12.2. The molecule has 2 aliphatic rings. The number of carbonyl (C=O) groups is 1. The summed E-state index contributed by atoms with van der Waals surface area (Å²) in [6.45, 7) is 8.94. The Balaban J connectivity index is 1.57. The molecule has 32 heavy (non-hydrogen) atoms. The fourth-order valence-corrected chi connectivity index (χ4v) is 4.22. The van der Waals surface area contributed by atoms with Crippen molar-refractivity contribution in [1.82, 2.24) is 19.9 Å². The first kappa shape index (κ1) is 21.9. The van der Waals surface area contributed by atoms with Crippen LogP contribution in [0.5, 0.6) is 0 Å². The zero-order valence-electron chi connectivity index (χ0n) is 18.5. The molecule has 10 nitrogen and oxygen atoms in total. The molecule has 170 valence electrons. The molecule has 4 heterocycles. The van der Waals surface area contributed by atoms with E-state index in [4.69, 9.17) is 11.1 Å². The number of nitrogens with one attached hydrogen (secondary N) is 2. The van der Waals surface area contributed by atoms with Crippen LogP contribution in [0, 0.1) is 5.41 Å². The van der Waals surface area contributed by atoms with Gasteiger partial charge in [0.1, 0.15) is 22.9 Å². The number of hydrogen-bond donors (Lipinski definition) is 3. The largest absolute Gasteiger partial charge is 0.365 e. The van der Waals surface area contributed by atoms with Crippen LogP contribution in [0.4, 0.5) is 23.3 Å². The Labute approximate surface area is 188 Å². The molecule has 0 saturated carbocycles. The average molecular weight is 438 g/mol. The fourth-order valence-electron chi connectivity index (χ4n) is 4.22. The number of nitrogens with two attached hydrogens (primary N) is 1. The number of primary amides is 1. The lowest BCUT2D eigenvalue weighted by atomic mass is 10.1. The summed E-state index contributed by atoms with van der Waals surface area (Å²) in [6.07, 6.45) is 6.11. The molecule has 10 heteroatoms. The SMILES string of the molecule is CCN1CCN(c2ccc(Nc3nc(N4CCCCC4)nc(C=N)c3C(N)=O)cn2)CC1. The maximum Gasteiger partial charge on any atom is 0.254 e. The molecule has 2 aromatic rings. The Morgan fingerprint density at radius 2 is 1.84 bits per heavy atom. The zero-order chi connectivity index (χ0) is 22.5. The van der Waals surface area contributed by atoms with Gasteiger partial charge in [0, 0.05) is 45.5 Å². The second-order valence-electron chi connectivity index (χ2n) is 8.14. The Morgan fingerprint density at radius 1 is 1.09 bits per heavy atom. The van der Waals surface area contributed by atoms with Gasteiger partial charge in [0.15, 0.2) is 0 Å². The van der Waals surface area contributed by atoms with Crippen molar-refractivity contribution in [3.05, 3.63) is 29.6 Å². The summed E-state index contributed by atoms with van der Waals surface area (Å²) in [7, 11) is 0. The molecule has 2 fully saturated rings. The van der Waals surface area contributed by atoms with Gasteiger partial charge in [-0.05, 0) is 37.9 Å². The molecule has 0 spiro atoms. The quantitative estimate of drug-likeness (QED) is 0.560. The molecular formula is C22H31N9O. The minimum Gasteiger partial charge on any atom is -0.365 e. The normalized spacial score (nSPS) is 17.3. The molecule has 0 atom stereocenters. The number of aromatic nitrogens is 3. The molecule has 0 unspecified atom stereocenters. The van der Waals surface area contributed by atoms with Gasteiger partial charge in [0.25, 0.3) is 5.91 Å². The third-order valence-electron chi connectivity index (χ3n) is 6.10. The molecule has 2 saturated heterocycles. The van der Waals surface area contributed by atoms with Crippen LogP contribution in [-0.2, 0) is 0 Å². The number of piperidine rings is 1. The Morgan fingerprint density at radius 3 is 2.44 bits per heavy atom. The predicted octanol–water partition coefficient (Wildman–Crippen LogP) is 1.84. The Kier molecular flexibility index (Phi) is 6.79. The van der Waals surface area contributed by atoms with E-state index in [0.717, 1.165) is 70.7 Å². The van der Waals surface area contributed by atoms with Crippen LogP contribution >= 0.6 is 0 Å². The van der Waals surface area contributed by atoms with Gasteiger partial charge in [-0.25, -0.2) is 9.97 Å². The molecule has 2 aromatic heterocycles. The topological polar surface area (TPSA) is 127 Å². The first-order valence-corrected chi connectivity index (χ1v) is 11.3. The Hall–Kier alpha value is -3.27. The average Bonchev–Trinajstić information content (AvgIpc) is 2.84. The van der Waals surface area contributed by atoms with Crippen LogP contribution in [0.25, 0.3) is 0 Å². The number of rotatable bonds is 7. The van der Waals surface area contributed by atoms with Gasteiger partial charge in [-0.2, -0.15) is 4.98 Å². The first-order valence-electron chi connectivity index (χ1n) is 11.3. The highest BCUT2D eigenvalue weighted by Crippen LogP contribution is 2.26. The smallest absolute Gasteiger partial charge is 0.254 e. The highest BCUT2D eigenvalue weighted by Gasteiger charge is 2.22. The van der Waals surface area contributed by atoms with E-state index < -0.39 is 5.91 Å². The number of hydrogen-bond acceptors (Lipinski definition) is 9. The van der Waals surface area contributed by atoms with Crippen molar-refractivity contribution in [3.8, 4) is 0 Å². The number of anilines is 4. The third-order valence-corrected chi connectivity index (χ3v) is 6.10. The van der Waals surface area contributed by atoms with Crippen LogP contribution in [0.1, 0.15) is 42.2 Å². The van der Waals surface area contributed by atoms with Crippen molar-refractivity contribution in [3.63, 3.8) is 0 Å². The summed E-state index contributed by atoms with van der Waals surface area (Å²) in [5.41, 5.74) is 6.64. The van der Waals surface area contributed by atoms with Crippen LogP contribution in [0.15, 0.2) is 18.3 Å². The summed E-state index contributed by atoms with van der Waals surface area (Å²) in [5.74, 6) is 1.07. The number of piperazine rings is 1. The molecule has 0 radical (unpaired) electrons. The molecule has 0 bridgehead atoms. The summed E-state index contributed by atoms with van der Waals surface area (Å²) in [6, 6.07) is 3.89. The first-order chi connectivity index (χ1) is 15.6. The fraction of sp³-hybridized carbons (Fsp3) is 0.500. The standard InChI is InChI=1S/C22H31N9O/c1-2-29-10-12-30(13-11-29)18-7-6-16(15-25-18)26-21-19(20(24)32)17(14-23)27-22(28-21)31-8-4-3-5-9-31/h6-7,14-15,23H,2-5,8-13H2,1H3,(H2,24,32)(H,26,27,28). The zero-order valence-corrected chi connectivity index (χ0v) is 18.5. The number of likely N-dealkylation sites (N-methyl/N-ethyl adjacent to an activating group) is 1. The minimum absolute atomic E-state index is 0.112. The lowest BCUT2D eigenvalue weighted by Crippen LogP contribution is -2.46. The number of amides is 1. The van der Waals surface area contributed by atoms with Crippen LogP contribution < -0.4 is 20.9 Å². The third kappa shape index (κ3) is 4.80. The molecule has 4 N–H and O–H groups in total. The Bertz CT molecular complexity index is 949. The number of pyridine rings is 1. The lowest BCUT2D eigenvalue weighted by Gasteiger charge is -2.34. The van der Waals surface area contributed by atoms with Crippen molar-refractivity contribution in [1.29, 1.82) is 5.41 Å². The summed E-state index contributed by atoms with van der Waals surface area (Å²) >= 11 is 0. The van der Waals surface area contributed by atoms with Crippen molar-refractivity contribution in [2.75, 3.05) is 60.9 Å². The highest BCUT2D eigenvalue weighted by molar-refractivity contribution is 6.04. The predicted molar refractivity (Wildman–Crippen MR) is 126 cm³/mol. The number of carbonyl (C=O) groups excluding carboxylic acids is 1. The molecular weight excluding hydrogens is 406 g/mol. The summed E-state index contributed by atoms with van der Waals surface area (Å²) in [5, 5.41) is 10.9. The van der Waals surface area contributed by atoms with Crippen molar-refractivity contribution >= 4 is 35.4 Å². The molecule has 0 aromatic carbocycles. The van der Waals surface area contributed by atoms with Crippen LogP contribution in [-0.4, -0.2) is 77.8 Å². The maximum atomic E-state index is 12.2. The summed E-state index contributed by atoms with van der Waals surface area (Å²) in [4.78, 5) is 32.6. The van der Waals surface area contributed by atoms with E-state index in [1.165, 1.54) is 6.42 Å². The van der Waals surface area contributed by atoms with E-state index >= 15 is 0 Å². The van der Waals surface area contributed by atoms with Crippen LogP contribution in [0.2, 0.25) is 0 Å². The second-order valence-corrected chi connectivity index (χ2v) is 8.14. The number of nitrogens with zero attached hydrogens (tertiary/aromatic N) is 6. The van der Waals surface area contributed by atoms with E-state index in [0.29, 0.717) is 17.5 Å². The monoisotopic (exact) mass is 437 g/mol. The van der Waals surface area contributed by atoms with Crippen molar-refractivity contribution < 1.29 is 4.79 Å². The van der Waals surface area contributed by atoms with Crippen molar-refractivity contribution in [2.45, 2.75) is 26.2 Å². The van der Waals surface area contributed by atoms with E-state index in [2.05, 4.69) is 41.9 Å². The van der Waals surface area contributed by atoms with Gasteiger partial charge in [0.05, 0.1) is 11.9 Å². The van der Waals surface area contributed by atoms with E-state index in [9.17, 15) is 4.79 Å². The highest BCUT2D eigenvalue weighted by atomic mass is 16.1. The minimum atomic E-state index is -0.672. The lowest BCUT2D eigenvalue weighted by molar-refractivity contribution is 0.100. The van der Waals surface area contributed by atoms with Gasteiger partial charge in [-0.15, -0.1) is 0 Å². The van der Waals surface area contributed by atoms with Gasteiger partial charge in [0.2, 0.25) is 5.95 Å². The molecule has 4 rings (SSSR count). The van der Waals surface area contributed by atoms with Crippen molar-refractivity contribution in [2.24, 2.45) is 5.73 Å². The van der Waals surface area contributed by atoms with Gasteiger partial charge < -0.3 is 31.2 Å². The van der Waals surface area contributed by atoms with Gasteiger partial charge in [-0.1, -0.05) is 6.92 Å². The summed E-state index contributed by atoms with van der Waals surface area (Å²) < 4.78 is 0. The van der Waals surface area contributed by atoms with Gasteiger partial charge in [-0.3, -0.25) is 4.79 Å². The van der Waals surface area contributed by atoms with Crippen LogP contribution in [0.3, 0.4) is 0 Å². The molecule has 2 aliphatic heterocycles. The second kappa shape index (κ2) is 9.90. The van der Waals surface area contributed by atoms with Gasteiger partial charge >= 0.3 is 0 Å². The van der Waals surface area contributed by atoms with E-state index in [-0.39, 0.29) is 11.3 Å². The van der Waals surface area contributed by atoms with E-state index in [1.807, 2.05) is 12.1 Å². The molecule has 0 aliphatic carbocycles. The van der Waals surface area contributed by atoms with E-state index in [1.54, 1.807) is 6.20 Å². The molecule has 1 amide bonds.